The number of ether oxygens (including phenoxy) is 1. The molecule has 0 unspecified atom stereocenters. The quantitative estimate of drug-likeness (QED) is 0.616. The zero-order valence-electron chi connectivity index (χ0n) is 13.8. The Hall–Kier alpha value is -3.15. The zero-order valence-corrected chi connectivity index (χ0v) is 13.8. The first-order valence-electron chi connectivity index (χ1n) is 7.92. The Morgan fingerprint density at radius 2 is 1.76 bits per heavy atom. The predicted molar refractivity (Wildman–Crippen MR) is 90.4 cm³/mol. The minimum atomic E-state index is -1.43. The van der Waals surface area contributed by atoms with Crippen LogP contribution in [0.1, 0.15) is 50.8 Å². The van der Waals surface area contributed by atoms with E-state index < -0.39 is 17.8 Å². The Labute approximate surface area is 145 Å². The molecule has 0 aromatic heterocycles. The summed E-state index contributed by atoms with van der Waals surface area (Å²) in [6.45, 7) is 2.33. The number of esters is 1. The first-order chi connectivity index (χ1) is 12.0. The summed E-state index contributed by atoms with van der Waals surface area (Å²) in [5.74, 6) is -2.50. The van der Waals surface area contributed by atoms with Gasteiger partial charge < -0.3 is 20.0 Å². The number of carbonyl (C=O) groups is 3. The van der Waals surface area contributed by atoms with Crippen LogP contribution < -0.4 is 10.4 Å². The lowest BCUT2D eigenvalue weighted by Gasteiger charge is -2.11. The molecule has 2 rings (SSSR count). The molecule has 1 amide bonds. The Bertz CT molecular complexity index is 785. The number of anilines is 1. The minimum Gasteiger partial charge on any atom is -0.545 e. The summed E-state index contributed by atoms with van der Waals surface area (Å²) in [4.78, 5) is 35.4. The van der Waals surface area contributed by atoms with Crippen LogP contribution in [0.15, 0.2) is 48.5 Å². The van der Waals surface area contributed by atoms with Crippen LogP contribution in [0.5, 0.6) is 0 Å². The number of unbranched alkanes of at least 4 members (excludes halogenated alkanes) is 1. The molecule has 1 N–H and O–H groups in total. The van der Waals surface area contributed by atoms with Crippen molar-refractivity contribution in [2.45, 2.75) is 19.8 Å². The van der Waals surface area contributed by atoms with Crippen molar-refractivity contribution in [2.75, 3.05) is 11.9 Å². The van der Waals surface area contributed by atoms with E-state index in [1.54, 1.807) is 24.3 Å². The molecule has 0 saturated heterocycles. The summed E-state index contributed by atoms with van der Waals surface area (Å²) in [5.41, 5.74) is 0.457. The highest BCUT2D eigenvalue weighted by Gasteiger charge is 2.13. The van der Waals surface area contributed by atoms with Gasteiger partial charge in [0.25, 0.3) is 5.91 Å². The summed E-state index contributed by atoms with van der Waals surface area (Å²) < 4.78 is 5.13. The number of benzene rings is 2. The third-order valence-corrected chi connectivity index (χ3v) is 3.48. The maximum absolute atomic E-state index is 12.3. The van der Waals surface area contributed by atoms with E-state index in [1.807, 2.05) is 6.92 Å². The lowest BCUT2D eigenvalue weighted by molar-refractivity contribution is -0.255. The van der Waals surface area contributed by atoms with Gasteiger partial charge in [-0.3, -0.25) is 4.79 Å². The van der Waals surface area contributed by atoms with Crippen molar-refractivity contribution in [3.05, 3.63) is 65.2 Å². The second kappa shape index (κ2) is 8.63. The summed E-state index contributed by atoms with van der Waals surface area (Å²) in [6, 6.07) is 12.0. The van der Waals surface area contributed by atoms with E-state index in [-0.39, 0.29) is 11.1 Å². The summed E-state index contributed by atoms with van der Waals surface area (Å²) in [6.07, 6.45) is 1.70. The van der Waals surface area contributed by atoms with Gasteiger partial charge in [-0.25, -0.2) is 4.79 Å². The van der Waals surface area contributed by atoms with E-state index in [4.69, 9.17) is 4.74 Å². The van der Waals surface area contributed by atoms with Crippen molar-refractivity contribution in [3.8, 4) is 0 Å². The van der Waals surface area contributed by atoms with E-state index in [9.17, 15) is 19.5 Å². The third kappa shape index (κ3) is 4.91. The van der Waals surface area contributed by atoms with Crippen LogP contribution in [0, 0.1) is 0 Å². The van der Waals surface area contributed by atoms with Gasteiger partial charge in [0.2, 0.25) is 0 Å². The minimum absolute atomic E-state index is 0.0153. The molecule has 2 aromatic carbocycles. The molecule has 0 bridgehead atoms. The fraction of sp³-hybridized carbons (Fsp3) is 0.211. The summed E-state index contributed by atoms with van der Waals surface area (Å²) in [7, 11) is 0. The normalized spacial score (nSPS) is 10.1. The van der Waals surface area contributed by atoms with Crippen LogP contribution in [0.3, 0.4) is 0 Å². The molecule has 0 spiro atoms. The van der Waals surface area contributed by atoms with Crippen molar-refractivity contribution in [1.29, 1.82) is 0 Å². The van der Waals surface area contributed by atoms with Gasteiger partial charge in [0.15, 0.2) is 0 Å². The van der Waals surface area contributed by atoms with Gasteiger partial charge in [-0.15, -0.1) is 0 Å². The second-order valence-electron chi connectivity index (χ2n) is 5.36. The molecular formula is C19H18NO5-. The Balaban J connectivity index is 2.13. The highest BCUT2D eigenvalue weighted by atomic mass is 16.5. The highest BCUT2D eigenvalue weighted by Crippen LogP contribution is 2.15. The van der Waals surface area contributed by atoms with E-state index in [2.05, 4.69) is 5.32 Å². The van der Waals surface area contributed by atoms with E-state index in [0.29, 0.717) is 17.9 Å². The fourth-order valence-electron chi connectivity index (χ4n) is 2.17. The predicted octanol–water partition coefficient (Wildman–Crippen LogP) is 2.26. The topological polar surface area (TPSA) is 95.5 Å². The zero-order chi connectivity index (χ0) is 18.2. The highest BCUT2D eigenvalue weighted by molar-refractivity contribution is 6.10. The molecule has 0 aliphatic carbocycles. The van der Waals surface area contributed by atoms with Gasteiger partial charge in [-0.2, -0.15) is 0 Å². The first-order valence-corrected chi connectivity index (χ1v) is 7.92. The maximum atomic E-state index is 12.3. The number of rotatable bonds is 7. The first kappa shape index (κ1) is 18.2. The third-order valence-electron chi connectivity index (χ3n) is 3.48. The van der Waals surface area contributed by atoms with Crippen LogP contribution in [-0.4, -0.2) is 24.5 Å². The molecule has 6 nitrogen and oxygen atoms in total. The molecule has 0 saturated carbocycles. The molecule has 0 aliphatic heterocycles. The molecule has 0 aliphatic rings. The molecule has 0 fully saturated rings. The van der Waals surface area contributed by atoms with Crippen LogP contribution in [0.25, 0.3) is 0 Å². The summed E-state index contributed by atoms with van der Waals surface area (Å²) in [5, 5.41) is 13.7. The monoisotopic (exact) mass is 340 g/mol. The van der Waals surface area contributed by atoms with E-state index >= 15 is 0 Å². The Morgan fingerprint density at radius 3 is 2.44 bits per heavy atom. The number of aromatic carboxylic acids is 1. The van der Waals surface area contributed by atoms with Crippen molar-refractivity contribution in [3.63, 3.8) is 0 Å². The second-order valence-corrected chi connectivity index (χ2v) is 5.36. The number of amides is 1. The lowest BCUT2D eigenvalue weighted by Crippen LogP contribution is -2.26. The molecule has 6 heteroatoms. The standard InChI is InChI=1S/C19H19NO5/c1-2-3-11-25-19(24)13-7-6-8-14(12-13)20-17(21)15-9-4-5-10-16(15)18(22)23/h4-10,12H,2-3,11H2,1H3,(H,20,21)(H,22,23)/p-1. The lowest BCUT2D eigenvalue weighted by atomic mass is 10.1. The fourth-order valence-corrected chi connectivity index (χ4v) is 2.17. The number of hydrogen-bond acceptors (Lipinski definition) is 5. The number of carboxylic acids is 1. The average Bonchev–Trinajstić information content (AvgIpc) is 2.62. The number of carboxylic acid groups (broad SMARTS) is 1. The largest absolute Gasteiger partial charge is 0.545 e. The van der Waals surface area contributed by atoms with Crippen molar-refractivity contribution < 1.29 is 24.2 Å². The Kier molecular flexibility index (Phi) is 6.28. The molecular weight excluding hydrogens is 322 g/mol. The van der Waals surface area contributed by atoms with Gasteiger partial charge in [0.1, 0.15) is 0 Å². The Morgan fingerprint density at radius 1 is 1.04 bits per heavy atom. The average molecular weight is 340 g/mol. The molecule has 2 aromatic rings. The van der Waals surface area contributed by atoms with Crippen LogP contribution in [0.2, 0.25) is 0 Å². The molecule has 0 heterocycles. The number of nitrogens with one attached hydrogen (secondary N) is 1. The van der Waals surface area contributed by atoms with Crippen molar-refractivity contribution >= 4 is 23.5 Å². The van der Waals surface area contributed by atoms with Gasteiger partial charge in [0, 0.05) is 16.8 Å². The van der Waals surface area contributed by atoms with Crippen molar-refractivity contribution in [1.82, 2.24) is 0 Å². The van der Waals surface area contributed by atoms with Gasteiger partial charge >= 0.3 is 5.97 Å². The maximum Gasteiger partial charge on any atom is 0.338 e. The van der Waals surface area contributed by atoms with Crippen LogP contribution in [-0.2, 0) is 4.74 Å². The van der Waals surface area contributed by atoms with Crippen LogP contribution in [0.4, 0.5) is 5.69 Å². The van der Waals surface area contributed by atoms with Gasteiger partial charge in [-0.1, -0.05) is 37.6 Å². The van der Waals surface area contributed by atoms with E-state index in [0.717, 1.165) is 12.8 Å². The summed E-state index contributed by atoms with van der Waals surface area (Å²) >= 11 is 0. The molecule has 25 heavy (non-hydrogen) atoms. The van der Waals surface area contributed by atoms with Crippen LogP contribution >= 0.6 is 0 Å². The van der Waals surface area contributed by atoms with E-state index in [1.165, 1.54) is 24.3 Å². The van der Waals surface area contributed by atoms with Gasteiger partial charge in [-0.05, 0) is 30.7 Å². The number of hydrogen-bond donors (Lipinski definition) is 1. The van der Waals surface area contributed by atoms with Crippen molar-refractivity contribution in [2.24, 2.45) is 0 Å². The number of carbonyl (C=O) groups excluding carboxylic acids is 3. The molecule has 0 radical (unpaired) electrons. The smallest absolute Gasteiger partial charge is 0.338 e. The SMILES string of the molecule is CCCCOC(=O)c1cccc(NC(=O)c2ccccc2C(=O)[O-])c1. The molecule has 130 valence electrons. The van der Waals surface area contributed by atoms with Gasteiger partial charge in [0.05, 0.1) is 18.1 Å². The molecule has 0 atom stereocenters.